The number of carbonyl (C=O) groups excluding carboxylic acids is 2. The van der Waals surface area contributed by atoms with E-state index in [1.165, 1.54) is 57.9 Å². The first kappa shape index (κ1) is 30.8. The Labute approximate surface area is 245 Å². The largest absolute Gasteiger partial charge is 0.494 e. The van der Waals surface area contributed by atoms with Crippen molar-refractivity contribution in [3.63, 3.8) is 0 Å². The first-order valence-corrected chi connectivity index (χ1v) is 15.2. The van der Waals surface area contributed by atoms with E-state index in [9.17, 15) is 9.59 Å². The Morgan fingerprint density at radius 1 is 0.951 bits per heavy atom. The Morgan fingerprint density at radius 3 is 2.20 bits per heavy atom. The van der Waals surface area contributed by atoms with Gasteiger partial charge in [0, 0.05) is 39.2 Å². The number of hydrogen-bond acceptors (Lipinski definition) is 8. The summed E-state index contributed by atoms with van der Waals surface area (Å²) in [6.45, 7) is 9.20. The molecule has 0 bridgehead atoms. The van der Waals surface area contributed by atoms with Crippen LogP contribution < -0.4 is 10.1 Å². The lowest BCUT2D eigenvalue weighted by Crippen LogP contribution is -2.41. The minimum atomic E-state index is -0.333. The van der Waals surface area contributed by atoms with Crippen molar-refractivity contribution in [2.45, 2.75) is 97.8 Å². The van der Waals surface area contributed by atoms with Crippen LogP contribution in [-0.4, -0.2) is 54.1 Å². The summed E-state index contributed by atoms with van der Waals surface area (Å²) >= 11 is 0. The van der Waals surface area contributed by atoms with Crippen LogP contribution in [-0.2, 0) is 32.3 Å². The van der Waals surface area contributed by atoms with Crippen molar-refractivity contribution < 1.29 is 23.8 Å². The molecule has 2 aliphatic rings. The summed E-state index contributed by atoms with van der Waals surface area (Å²) in [4.78, 5) is 29.8. The molecular weight excluding hydrogens is 518 g/mol. The zero-order chi connectivity index (χ0) is 29.1. The molecule has 1 saturated heterocycles. The molecule has 224 valence electrons. The lowest BCUT2D eigenvalue weighted by Gasteiger charge is -2.40. The van der Waals surface area contributed by atoms with Crippen molar-refractivity contribution in [1.82, 2.24) is 9.88 Å². The van der Waals surface area contributed by atoms with Crippen molar-refractivity contribution in [2.75, 3.05) is 31.6 Å². The van der Waals surface area contributed by atoms with Gasteiger partial charge in [-0.3, -0.25) is 9.59 Å². The number of aromatic nitrogens is 1. The Morgan fingerprint density at radius 2 is 1.61 bits per heavy atom. The number of rotatable bonds is 13. The van der Waals surface area contributed by atoms with Gasteiger partial charge in [0.25, 0.3) is 0 Å². The normalized spacial score (nSPS) is 17.5. The van der Waals surface area contributed by atoms with E-state index in [1.807, 2.05) is 24.4 Å². The van der Waals surface area contributed by atoms with Crippen LogP contribution >= 0.6 is 0 Å². The summed E-state index contributed by atoms with van der Waals surface area (Å²) < 4.78 is 16.7. The molecule has 8 heteroatoms. The molecule has 0 atom stereocenters. The molecule has 1 aromatic carbocycles. The third kappa shape index (κ3) is 10.3. The van der Waals surface area contributed by atoms with E-state index in [-0.39, 0.29) is 25.2 Å². The van der Waals surface area contributed by atoms with Gasteiger partial charge in [0.1, 0.15) is 24.8 Å². The third-order valence-corrected chi connectivity index (χ3v) is 8.53. The number of aryl methyl sites for hydroxylation is 1. The maximum Gasteiger partial charge on any atom is 0.302 e. The molecule has 0 unspecified atom stereocenters. The highest BCUT2D eigenvalue weighted by atomic mass is 16.5. The third-order valence-electron chi connectivity index (χ3n) is 8.53. The molecule has 8 nitrogen and oxygen atoms in total. The Kier molecular flexibility index (Phi) is 11.4. The number of esters is 2. The number of benzene rings is 1. The van der Waals surface area contributed by atoms with E-state index in [4.69, 9.17) is 14.2 Å². The standard InChI is InChI=1S/C33H47N3O5/c1-25-7-8-32(34-22-25)35-30-9-15-36(16-10-30)17-13-33(11-5-4-6-12-33)14-18-39-31-20-28(23-40-26(2)37)19-29(21-31)24-41-27(3)38/h7-8,19-22,30H,4-6,9-18,23-24H2,1-3H3,(H,34,35). The lowest BCUT2D eigenvalue weighted by molar-refractivity contribution is -0.142. The smallest absolute Gasteiger partial charge is 0.302 e. The molecule has 1 N–H and O–H groups in total. The van der Waals surface area contributed by atoms with Crippen LogP contribution in [0, 0.1) is 12.3 Å². The fourth-order valence-electron chi connectivity index (χ4n) is 6.12. The molecule has 0 radical (unpaired) electrons. The summed E-state index contributed by atoms with van der Waals surface area (Å²) in [6.07, 6.45) is 12.9. The average molecular weight is 566 g/mol. The Hall–Kier alpha value is -3.13. The lowest BCUT2D eigenvalue weighted by atomic mass is 9.69. The number of likely N-dealkylation sites (tertiary alicyclic amines) is 1. The molecule has 1 aliphatic heterocycles. The van der Waals surface area contributed by atoms with Crippen molar-refractivity contribution in [2.24, 2.45) is 5.41 Å². The quantitative estimate of drug-likeness (QED) is 0.287. The minimum Gasteiger partial charge on any atom is -0.494 e. The molecule has 2 fully saturated rings. The molecule has 1 aliphatic carbocycles. The molecular formula is C33H47N3O5. The highest BCUT2D eigenvalue weighted by molar-refractivity contribution is 5.66. The van der Waals surface area contributed by atoms with Crippen LogP contribution in [0.2, 0.25) is 0 Å². The van der Waals surface area contributed by atoms with Gasteiger partial charge in [-0.25, -0.2) is 4.98 Å². The SMILES string of the molecule is CC(=O)OCc1cc(COC(C)=O)cc(OCCC2(CCN3CCC(Nc4ccc(C)cn4)CC3)CCCCC2)c1. The zero-order valence-corrected chi connectivity index (χ0v) is 25.1. The predicted molar refractivity (Wildman–Crippen MR) is 160 cm³/mol. The first-order valence-electron chi connectivity index (χ1n) is 15.2. The van der Waals surface area contributed by atoms with Gasteiger partial charge in [-0.15, -0.1) is 0 Å². The Bertz CT molecular complexity index is 1090. The topological polar surface area (TPSA) is 90.0 Å². The molecule has 0 spiro atoms. The van der Waals surface area contributed by atoms with Gasteiger partial charge in [-0.05, 0) is 98.4 Å². The van der Waals surface area contributed by atoms with E-state index >= 15 is 0 Å². The number of pyridine rings is 1. The van der Waals surface area contributed by atoms with Crippen LogP contribution in [0.25, 0.3) is 0 Å². The van der Waals surface area contributed by atoms with Gasteiger partial charge in [0.15, 0.2) is 0 Å². The second-order valence-corrected chi connectivity index (χ2v) is 11.9. The first-order chi connectivity index (χ1) is 19.8. The fraction of sp³-hybridized carbons (Fsp3) is 0.606. The highest BCUT2D eigenvalue weighted by Crippen LogP contribution is 2.42. The summed E-state index contributed by atoms with van der Waals surface area (Å²) in [7, 11) is 0. The number of piperidine rings is 1. The van der Waals surface area contributed by atoms with Crippen molar-refractivity contribution in [1.29, 1.82) is 0 Å². The summed E-state index contributed by atoms with van der Waals surface area (Å²) in [5, 5.41) is 3.62. The second-order valence-electron chi connectivity index (χ2n) is 11.9. The minimum absolute atomic E-state index is 0.164. The number of hydrogen-bond donors (Lipinski definition) is 1. The van der Waals surface area contributed by atoms with Crippen LogP contribution in [0.15, 0.2) is 36.5 Å². The average Bonchev–Trinajstić information content (AvgIpc) is 2.96. The predicted octanol–water partition coefficient (Wildman–Crippen LogP) is 6.20. The van der Waals surface area contributed by atoms with Gasteiger partial charge in [0.2, 0.25) is 0 Å². The molecule has 0 amide bonds. The monoisotopic (exact) mass is 565 g/mol. The summed E-state index contributed by atoms with van der Waals surface area (Å²) in [5.41, 5.74) is 3.14. The number of nitrogens with one attached hydrogen (secondary N) is 1. The summed E-state index contributed by atoms with van der Waals surface area (Å²) in [5.74, 6) is 1.03. The molecule has 1 aromatic heterocycles. The molecule has 2 aromatic rings. The van der Waals surface area contributed by atoms with Gasteiger partial charge >= 0.3 is 11.9 Å². The zero-order valence-electron chi connectivity index (χ0n) is 25.1. The molecule has 2 heterocycles. The van der Waals surface area contributed by atoms with Crippen LogP contribution in [0.1, 0.15) is 88.3 Å². The molecule has 1 saturated carbocycles. The van der Waals surface area contributed by atoms with Crippen LogP contribution in [0.4, 0.5) is 5.82 Å². The second kappa shape index (κ2) is 15.2. The van der Waals surface area contributed by atoms with E-state index in [0.717, 1.165) is 61.6 Å². The van der Waals surface area contributed by atoms with Gasteiger partial charge in [-0.2, -0.15) is 0 Å². The Balaban J connectivity index is 1.28. The number of anilines is 1. The molecule has 41 heavy (non-hydrogen) atoms. The summed E-state index contributed by atoms with van der Waals surface area (Å²) in [6, 6.07) is 10.4. The van der Waals surface area contributed by atoms with E-state index in [1.54, 1.807) is 0 Å². The van der Waals surface area contributed by atoms with Crippen LogP contribution in [0.3, 0.4) is 0 Å². The number of nitrogens with zero attached hydrogens (tertiary/aromatic N) is 2. The van der Waals surface area contributed by atoms with Crippen molar-refractivity contribution in [3.05, 3.63) is 53.2 Å². The van der Waals surface area contributed by atoms with Crippen LogP contribution in [0.5, 0.6) is 5.75 Å². The van der Waals surface area contributed by atoms with Crippen molar-refractivity contribution in [3.8, 4) is 5.75 Å². The maximum absolute atomic E-state index is 11.3. The van der Waals surface area contributed by atoms with E-state index < -0.39 is 0 Å². The maximum atomic E-state index is 11.3. The van der Waals surface area contributed by atoms with Gasteiger partial charge in [0.05, 0.1) is 6.61 Å². The number of carbonyl (C=O) groups is 2. The van der Waals surface area contributed by atoms with Gasteiger partial charge < -0.3 is 24.4 Å². The van der Waals surface area contributed by atoms with Crippen molar-refractivity contribution >= 4 is 17.8 Å². The number of ether oxygens (including phenoxy) is 3. The molecule has 4 rings (SSSR count). The fourth-order valence-corrected chi connectivity index (χ4v) is 6.12. The highest BCUT2D eigenvalue weighted by Gasteiger charge is 2.33. The van der Waals surface area contributed by atoms with E-state index in [0.29, 0.717) is 18.1 Å². The van der Waals surface area contributed by atoms with E-state index in [2.05, 4.69) is 34.3 Å². The van der Waals surface area contributed by atoms with Gasteiger partial charge in [-0.1, -0.05) is 25.3 Å².